The van der Waals surface area contributed by atoms with Crippen molar-refractivity contribution >= 4 is 17.4 Å². The van der Waals surface area contributed by atoms with Crippen LogP contribution in [0.15, 0.2) is 6.33 Å². The van der Waals surface area contributed by atoms with E-state index in [1.165, 1.54) is 0 Å². The Kier molecular flexibility index (Phi) is 4.23. The molecule has 2 aromatic rings. The summed E-state index contributed by atoms with van der Waals surface area (Å²) in [6.07, 6.45) is 1.67. The average molecular weight is 295 g/mol. The smallest absolute Gasteiger partial charge is 0.154 e. The zero-order chi connectivity index (χ0) is 14.9. The molecule has 20 heavy (non-hydrogen) atoms. The predicted octanol–water partition coefficient (Wildman–Crippen LogP) is 2.86. The molecule has 2 rings (SSSR count). The largest absolute Gasteiger partial charge is 0.360 e. The van der Waals surface area contributed by atoms with Crippen molar-refractivity contribution < 1.29 is 0 Å². The number of rotatable bonds is 4. The molecule has 0 bridgehead atoms. The van der Waals surface area contributed by atoms with Crippen LogP contribution < -0.4 is 5.32 Å². The Bertz CT molecular complexity index is 607. The van der Waals surface area contributed by atoms with Crippen LogP contribution in [0.3, 0.4) is 0 Å². The topological polar surface area (TPSA) is 68.5 Å². The first-order valence-corrected chi connectivity index (χ1v) is 6.92. The van der Waals surface area contributed by atoms with E-state index in [1.54, 1.807) is 6.33 Å². The van der Waals surface area contributed by atoms with Gasteiger partial charge in [0.05, 0.1) is 6.04 Å². The second kappa shape index (κ2) is 5.75. The Morgan fingerprint density at radius 3 is 2.50 bits per heavy atom. The van der Waals surface area contributed by atoms with E-state index >= 15 is 0 Å². The van der Waals surface area contributed by atoms with Gasteiger partial charge in [0.1, 0.15) is 23.1 Å². The van der Waals surface area contributed by atoms with Gasteiger partial charge in [0.25, 0.3) is 0 Å². The fourth-order valence-electron chi connectivity index (χ4n) is 1.86. The van der Waals surface area contributed by atoms with Crippen molar-refractivity contribution in [1.29, 1.82) is 0 Å². The van der Waals surface area contributed by atoms with Crippen molar-refractivity contribution in [2.45, 2.75) is 39.7 Å². The Morgan fingerprint density at radius 2 is 1.95 bits per heavy atom. The van der Waals surface area contributed by atoms with E-state index < -0.39 is 0 Å². The molecule has 1 N–H and O–H groups in total. The first-order chi connectivity index (χ1) is 9.40. The molecule has 0 fully saturated rings. The molecule has 0 aliphatic rings. The van der Waals surface area contributed by atoms with E-state index in [2.05, 4.69) is 25.5 Å². The number of aryl methyl sites for hydroxylation is 1. The van der Waals surface area contributed by atoms with Crippen LogP contribution >= 0.6 is 11.6 Å². The molecule has 0 saturated heterocycles. The van der Waals surface area contributed by atoms with Crippen LogP contribution in [0.5, 0.6) is 0 Å². The highest BCUT2D eigenvalue weighted by molar-refractivity contribution is 6.30. The van der Waals surface area contributed by atoms with E-state index in [0.717, 1.165) is 23.0 Å². The predicted molar refractivity (Wildman–Crippen MR) is 78.9 cm³/mol. The van der Waals surface area contributed by atoms with Crippen LogP contribution in [-0.2, 0) is 7.05 Å². The SMILES string of the molecule is Cc1c(Cl)nc(C(C)C)nc1NC(C)c1nncn1C. The van der Waals surface area contributed by atoms with E-state index in [0.29, 0.717) is 5.15 Å². The van der Waals surface area contributed by atoms with E-state index in [4.69, 9.17) is 11.6 Å². The van der Waals surface area contributed by atoms with Gasteiger partial charge < -0.3 is 9.88 Å². The number of hydrogen-bond acceptors (Lipinski definition) is 5. The quantitative estimate of drug-likeness (QED) is 0.878. The lowest BCUT2D eigenvalue weighted by Crippen LogP contribution is -2.15. The monoisotopic (exact) mass is 294 g/mol. The van der Waals surface area contributed by atoms with Crippen molar-refractivity contribution in [3.63, 3.8) is 0 Å². The summed E-state index contributed by atoms with van der Waals surface area (Å²) >= 11 is 6.18. The third-order valence-electron chi connectivity index (χ3n) is 3.11. The fraction of sp³-hybridized carbons (Fsp3) is 0.538. The van der Waals surface area contributed by atoms with Gasteiger partial charge in [-0.05, 0) is 13.8 Å². The number of nitrogens with one attached hydrogen (secondary N) is 1. The molecule has 1 atom stereocenters. The molecule has 2 heterocycles. The maximum atomic E-state index is 6.18. The summed E-state index contributed by atoms with van der Waals surface area (Å²) in [5, 5.41) is 11.8. The molecule has 6 nitrogen and oxygen atoms in total. The van der Waals surface area contributed by atoms with Crippen molar-refractivity contribution in [2.24, 2.45) is 7.05 Å². The lowest BCUT2D eigenvalue weighted by atomic mass is 10.2. The van der Waals surface area contributed by atoms with Gasteiger partial charge in [0.2, 0.25) is 0 Å². The maximum Gasteiger partial charge on any atom is 0.154 e. The molecular weight excluding hydrogens is 276 g/mol. The van der Waals surface area contributed by atoms with Gasteiger partial charge in [-0.1, -0.05) is 25.4 Å². The minimum absolute atomic E-state index is 0.0211. The Balaban J connectivity index is 2.31. The first kappa shape index (κ1) is 14.7. The lowest BCUT2D eigenvalue weighted by Gasteiger charge is -2.17. The molecule has 0 saturated carbocycles. The van der Waals surface area contributed by atoms with Crippen LogP contribution in [0.4, 0.5) is 5.82 Å². The molecular formula is C13H19ClN6. The first-order valence-electron chi connectivity index (χ1n) is 6.54. The molecule has 0 aliphatic carbocycles. The minimum atomic E-state index is -0.0211. The summed E-state index contributed by atoms with van der Waals surface area (Å²) in [7, 11) is 1.91. The maximum absolute atomic E-state index is 6.18. The second-order valence-corrected chi connectivity index (χ2v) is 5.53. The van der Waals surface area contributed by atoms with Gasteiger partial charge >= 0.3 is 0 Å². The Labute approximate surface area is 123 Å². The number of halogens is 1. The van der Waals surface area contributed by atoms with E-state index in [-0.39, 0.29) is 12.0 Å². The summed E-state index contributed by atoms with van der Waals surface area (Å²) in [5.74, 6) is 2.53. The lowest BCUT2D eigenvalue weighted by molar-refractivity contribution is 0.709. The average Bonchev–Trinajstić information content (AvgIpc) is 2.80. The Hall–Kier alpha value is -1.69. The molecule has 0 spiro atoms. The van der Waals surface area contributed by atoms with E-state index in [9.17, 15) is 0 Å². The summed E-state index contributed by atoms with van der Waals surface area (Å²) in [5.41, 5.74) is 0.838. The third-order valence-corrected chi connectivity index (χ3v) is 3.48. The molecule has 108 valence electrons. The number of anilines is 1. The third kappa shape index (κ3) is 2.90. The van der Waals surface area contributed by atoms with Crippen molar-refractivity contribution in [2.75, 3.05) is 5.32 Å². The summed E-state index contributed by atoms with van der Waals surface area (Å²) in [4.78, 5) is 8.85. The zero-order valence-electron chi connectivity index (χ0n) is 12.3. The number of hydrogen-bond donors (Lipinski definition) is 1. The summed E-state index contributed by atoms with van der Waals surface area (Å²) in [6, 6.07) is -0.0211. The second-order valence-electron chi connectivity index (χ2n) is 5.17. The molecule has 2 aromatic heterocycles. The Morgan fingerprint density at radius 1 is 1.25 bits per heavy atom. The number of nitrogens with zero attached hydrogens (tertiary/aromatic N) is 5. The van der Waals surface area contributed by atoms with Gasteiger partial charge in [-0.3, -0.25) is 0 Å². The highest BCUT2D eigenvalue weighted by atomic mass is 35.5. The fourth-order valence-corrected chi connectivity index (χ4v) is 2.03. The van der Waals surface area contributed by atoms with Crippen LogP contribution in [0.1, 0.15) is 49.9 Å². The molecule has 0 amide bonds. The minimum Gasteiger partial charge on any atom is -0.360 e. The molecule has 0 aliphatic heterocycles. The van der Waals surface area contributed by atoms with Crippen LogP contribution in [0, 0.1) is 6.92 Å². The normalized spacial score (nSPS) is 12.8. The van der Waals surface area contributed by atoms with Crippen LogP contribution in [0.2, 0.25) is 5.15 Å². The molecule has 0 radical (unpaired) electrons. The van der Waals surface area contributed by atoms with Gasteiger partial charge in [0, 0.05) is 18.5 Å². The highest BCUT2D eigenvalue weighted by Gasteiger charge is 2.16. The van der Waals surface area contributed by atoms with E-state index in [1.807, 2.05) is 39.3 Å². The van der Waals surface area contributed by atoms with Crippen LogP contribution in [-0.4, -0.2) is 24.7 Å². The summed E-state index contributed by atoms with van der Waals surface area (Å²) in [6.45, 7) is 7.99. The zero-order valence-corrected chi connectivity index (χ0v) is 13.1. The summed E-state index contributed by atoms with van der Waals surface area (Å²) < 4.78 is 1.87. The van der Waals surface area contributed by atoms with Crippen molar-refractivity contribution in [3.8, 4) is 0 Å². The van der Waals surface area contributed by atoms with Crippen molar-refractivity contribution in [3.05, 3.63) is 28.7 Å². The number of aromatic nitrogens is 5. The van der Waals surface area contributed by atoms with Gasteiger partial charge in [-0.25, -0.2) is 9.97 Å². The van der Waals surface area contributed by atoms with Gasteiger partial charge in [-0.15, -0.1) is 10.2 Å². The van der Waals surface area contributed by atoms with Gasteiger partial charge in [-0.2, -0.15) is 0 Å². The molecule has 7 heteroatoms. The molecule has 1 unspecified atom stereocenters. The highest BCUT2D eigenvalue weighted by Crippen LogP contribution is 2.25. The standard InChI is InChI=1S/C13H19ClN6/c1-7(2)11-17-10(14)8(3)12(18-11)16-9(4)13-19-15-6-20(13)5/h6-7,9H,1-5H3,(H,16,17,18). The van der Waals surface area contributed by atoms with Crippen molar-refractivity contribution in [1.82, 2.24) is 24.7 Å². The van der Waals surface area contributed by atoms with Crippen LogP contribution in [0.25, 0.3) is 0 Å². The van der Waals surface area contributed by atoms with Gasteiger partial charge in [0.15, 0.2) is 5.82 Å². The molecule has 0 aromatic carbocycles.